The van der Waals surface area contributed by atoms with Crippen LogP contribution in [0.15, 0.2) is 18.2 Å². The Morgan fingerprint density at radius 2 is 1.71 bits per heavy atom. The van der Waals surface area contributed by atoms with Crippen LogP contribution in [-0.4, -0.2) is 0 Å². The van der Waals surface area contributed by atoms with E-state index < -0.39 is 0 Å². The van der Waals surface area contributed by atoms with Crippen molar-refractivity contribution < 1.29 is 0 Å². The average Bonchev–Trinajstić information content (AvgIpc) is 2.19. The van der Waals surface area contributed by atoms with Crippen LogP contribution in [-0.2, 0) is 0 Å². The molecule has 0 aromatic heterocycles. The van der Waals surface area contributed by atoms with Crippen LogP contribution < -0.4 is 11.5 Å². The number of nitrogen functional groups attached to an aromatic ring is 2. The summed E-state index contributed by atoms with van der Waals surface area (Å²) >= 11 is 0. The summed E-state index contributed by atoms with van der Waals surface area (Å²) < 4.78 is 0. The van der Waals surface area contributed by atoms with Crippen LogP contribution >= 0.6 is 0 Å². The van der Waals surface area contributed by atoms with E-state index in [0.717, 1.165) is 11.4 Å². The van der Waals surface area contributed by atoms with E-state index in [1.165, 1.54) is 37.7 Å². The van der Waals surface area contributed by atoms with E-state index in [-0.39, 0.29) is 0 Å². The highest BCUT2D eigenvalue weighted by molar-refractivity contribution is 5.57. The molecule has 0 saturated heterocycles. The van der Waals surface area contributed by atoms with Gasteiger partial charge in [-0.05, 0) is 36.5 Å². The van der Waals surface area contributed by atoms with Gasteiger partial charge in [-0.15, -0.1) is 0 Å². The largest absolute Gasteiger partial charge is 0.399 e. The lowest BCUT2D eigenvalue weighted by Crippen LogP contribution is -2.07. The zero-order valence-corrected chi connectivity index (χ0v) is 8.50. The lowest BCUT2D eigenvalue weighted by molar-refractivity contribution is 0.444. The molecule has 1 aromatic carbocycles. The van der Waals surface area contributed by atoms with E-state index in [2.05, 4.69) is 6.07 Å². The lowest BCUT2D eigenvalue weighted by Gasteiger charge is -2.23. The van der Waals surface area contributed by atoms with E-state index in [0.29, 0.717) is 5.92 Å². The van der Waals surface area contributed by atoms with Gasteiger partial charge in [0.15, 0.2) is 0 Å². The Balaban J connectivity index is 2.22. The third-order valence-corrected chi connectivity index (χ3v) is 3.16. The normalized spacial score (nSPS) is 18.3. The van der Waals surface area contributed by atoms with Crippen molar-refractivity contribution in [3.63, 3.8) is 0 Å². The molecule has 0 heterocycles. The Hall–Kier alpha value is -1.18. The van der Waals surface area contributed by atoms with Crippen molar-refractivity contribution in [2.45, 2.75) is 38.0 Å². The first-order valence-corrected chi connectivity index (χ1v) is 5.42. The molecular weight excluding hydrogens is 172 g/mol. The topological polar surface area (TPSA) is 52.0 Å². The van der Waals surface area contributed by atoms with Crippen molar-refractivity contribution >= 4 is 11.4 Å². The molecule has 0 aliphatic heterocycles. The number of hydrogen-bond donors (Lipinski definition) is 2. The second-order valence-corrected chi connectivity index (χ2v) is 4.22. The minimum absolute atomic E-state index is 0.671. The van der Waals surface area contributed by atoms with E-state index in [9.17, 15) is 0 Å². The van der Waals surface area contributed by atoms with Crippen molar-refractivity contribution in [2.75, 3.05) is 11.5 Å². The third kappa shape index (κ3) is 1.84. The van der Waals surface area contributed by atoms with Crippen LogP contribution in [0, 0.1) is 0 Å². The zero-order chi connectivity index (χ0) is 9.97. The van der Waals surface area contributed by atoms with Crippen LogP contribution in [0.25, 0.3) is 0 Å². The molecule has 2 rings (SSSR count). The molecule has 0 bridgehead atoms. The number of anilines is 2. The Kier molecular flexibility index (Phi) is 2.62. The van der Waals surface area contributed by atoms with Crippen molar-refractivity contribution in [2.24, 2.45) is 0 Å². The van der Waals surface area contributed by atoms with Crippen LogP contribution in [0.2, 0.25) is 0 Å². The average molecular weight is 190 g/mol. The minimum Gasteiger partial charge on any atom is -0.399 e. The highest BCUT2D eigenvalue weighted by Gasteiger charge is 2.17. The predicted octanol–water partition coefficient (Wildman–Crippen LogP) is 2.90. The maximum atomic E-state index is 5.97. The highest BCUT2D eigenvalue weighted by Crippen LogP contribution is 2.35. The number of rotatable bonds is 1. The number of benzene rings is 1. The van der Waals surface area contributed by atoms with E-state index >= 15 is 0 Å². The van der Waals surface area contributed by atoms with Crippen LogP contribution in [0.1, 0.15) is 43.6 Å². The van der Waals surface area contributed by atoms with Gasteiger partial charge in [0, 0.05) is 11.4 Å². The molecule has 0 atom stereocenters. The summed E-state index contributed by atoms with van der Waals surface area (Å²) in [4.78, 5) is 0. The second-order valence-electron chi connectivity index (χ2n) is 4.22. The molecule has 0 spiro atoms. The lowest BCUT2D eigenvalue weighted by atomic mass is 9.83. The summed E-state index contributed by atoms with van der Waals surface area (Å²) in [6.07, 6.45) is 6.64. The van der Waals surface area contributed by atoms with Gasteiger partial charge < -0.3 is 11.5 Å². The Bertz CT molecular complexity index is 314. The molecule has 0 radical (unpaired) electrons. The summed E-state index contributed by atoms with van der Waals surface area (Å²) in [5, 5.41) is 0. The smallest absolute Gasteiger partial charge is 0.0370 e. The fourth-order valence-corrected chi connectivity index (χ4v) is 2.38. The summed E-state index contributed by atoms with van der Waals surface area (Å²) in [6.45, 7) is 0. The van der Waals surface area contributed by atoms with Gasteiger partial charge >= 0.3 is 0 Å². The number of hydrogen-bond acceptors (Lipinski definition) is 2. The van der Waals surface area contributed by atoms with Crippen LogP contribution in [0.4, 0.5) is 11.4 Å². The van der Waals surface area contributed by atoms with Gasteiger partial charge in [0.05, 0.1) is 0 Å². The summed E-state index contributed by atoms with van der Waals surface area (Å²) in [6, 6.07) is 5.94. The van der Waals surface area contributed by atoms with E-state index in [1.807, 2.05) is 12.1 Å². The van der Waals surface area contributed by atoms with Gasteiger partial charge in [0.1, 0.15) is 0 Å². The highest BCUT2D eigenvalue weighted by atomic mass is 14.6. The number of nitrogens with two attached hydrogens (primary N) is 2. The molecule has 1 aliphatic rings. The summed E-state index contributed by atoms with van der Waals surface area (Å²) in [5.41, 5.74) is 14.6. The molecule has 76 valence electrons. The quantitative estimate of drug-likeness (QED) is 0.669. The van der Waals surface area contributed by atoms with Gasteiger partial charge in [0.2, 0.25) is 0 Å². The molecule has 0 amide bonds. The standard InChI is InChI=1S/C12H18N2/c13-10-6-7-11(12(14)8-10)9-4-2-1-3-5-9/h6-9H,1-5,13-14H2. The first-order chi connectivity index (χ1) is 6.77. The second kappa shape index (κ2) is 3.91. The molecule has 14 heavy (non-hydrogen) atoms. The first kappa shape index (κ1) is 9.38. The third-order valence-electron chi connectivity index (χ3n) is 3.16. The van der Waals surface area contributed by atoms with Gasteiger partial charge in [0.25, 0.3) is 0 Å². The van der Waals surface area contributed by atoms with Gasteiger partial charge in [-0.25, -0.2) is 0 Å². The summed E-state index contributed by atoms with van der Waals surface area (Å²) in [5.74, 6) is 0.671. The van der Waals surface area contributed by atoms with Crippen molar-refractivity contribution in [1.82, 2.24) is 0 Å². The molecule has 2 nitrogen and oxygen atoms in total. The van der Waals surface area contributed by atoms with Crippen LogP contribution in [0.3, 0.4) is 0 Å². The molecular formula is C12H18N2. The zero-order valence-electron chi connectivity index (χ0n) is 8.50. The van der Waals surface area contributed by atoms with Crippen molar-refractivity contribution in [3.8, 4) is 0 Å². The maximum absolute atomic E-state index is 5.97. The summed E-state index contributed by atoms with van der Waals surface area (Å²) in [7, 11) is 0. The van der Waals surface area contributed by atoms with Gasteiger partial charge in [-0.2, -0.15) is 0 Å². The maximum Gasteiger partial charge on any atom is 0.0370 e. The molecule has 1 saturated carbocycles. The minimum atomic E-state index is 0.671. The first-order valence-electron chi connectivity index (χ1n) is 5.42. The molecule has 4 N–H and O–H groups in total. The fraction of sp³-hybridized carbons (Fsp3) is 0.500. The molecule has 0 unspecified atom stereocenters. The van der Waals surface area contributed by atoms with Gasteiger partial charge in [-0.1, -0.05) is 25.3 Å². The SMILES string of the molecule is Nc1ccc(C2CCCCC2)c(N)c1. The molecule has 1 aliphatic carbocycles. The Labute approximate surface area is 85.3 Å². The Morgan fingerprint density at radius 1 is 1.00 bits per heavy atom. The fourth-order valence-electron chi connectivity index (χ4n) is 2.38. The van der Waals surface area contributed by atoms with Gasteiger partial charge in [-0.3, -0.25) is 0 Å². The van der Waals surface area contributed by atoms with E-state index in [4.69, 9.17) is 11.5 Å². The van der Waals surface area contributed by atoms with Crippen LogP contribution in [0.5, 0.6) is 0 Å². The predicted molar refractivity (Wildman–Crippen MR) is 61.1 cm³/mol. The molecule has 1 fully saturated rings. The van der Waals surface area contributed by atoms with Crippen molar-refractivity contribution in [1.29, 1.82) is 0 Å². The molecule has 2 heteroatoms. The molecule has 1 aromatic rings. The van der Waals surface area contributed by atoms with E-state index in [1.54, 1.807) is 0 Å². The van der Waals surface area contributed by atoms with Crippen molar-refractivity contribution in [3.05, 3.63) is 23.8 Å². The Morgan fingerprint density at radius 3 is 2.36 bits per heavy atom. The monoisotopic (exact) mass is 190 g/mol.